The second-order valence-corrected chi connectivity index (χ2v) is 3.46. The maximum absolute atomic E-state index is 10.8. The van der Waals surface area contributed by atoms with E-state index in [-0.39, 0.29) is 23.4 Å². The lowest BCUT2D eigenvalue weighted by atomic mass is 10.6. The Morgan fingerprint density at radius 1 is 0.938 bits per heavy atom. The van der Waals surface area contributed by atoms with Crippen molar-refractivity contribution in [3.63, 3.8) is 0 Å². The van der Waals surface area contributed by atoms with Gasteiger partial charge in [-0.3, -0.25) is 0 Å². The zero-order valence-electron chi connectivity index (χ0n) is 7.59. The van der Waals surface area contributed by atoms with E-state index in [0.717, 1.165) is 9.36 Å². The van der Waals surface area contributed by atoms with Crippen molar-refractivity contribution < 1.29 is 28.6 Å². The number of aromatic nitrogens is 4. The number of rotatable bonds is 3. The highest BCUT2D eigenvalue weighted by atomic mass is 35.5. The molecular weight excluding hydrogens is 263 g/mol. The molecule has 0 unspecified atom stereocenters. The van der Waals surface area contributed by atoms with Gasteiger partial charge >= 0.3 is 10.3 Å². The fourth-order valence-electron chi connectivity index (χ4n) is 0.998. The number of halogens is 2. The lowest BCUT2D eigenvalue weighted by molar-refractivity contribution is -0.835. The summed E-state index contributed by atoms with van der Waals surface area (Å²) in [7, 11) is 0. The lowest BCUT2D eigenvalue weighted by Gasteiger charge is -1.87. The van der Waals surface area contributed by atoms with E-state index in [1.54, 1.807) is 0 Å². The van der Waals surface area contributed by atoms with Gasteiger partial charge in [-0.1, -0.05) is 9.36 Å². The molecule has 0 fully saturated rings. The Hall–Kier alpha value is -1.54. The summed E-state index contributed by atoms with van der Waals surface area (Å²) in [5.41, 5.74) is 0. The van der Waals surface area contributed by atoms with Crippen molar-refractivity contribution in [2.45, 2.75) is 13.1 Å². The highest BCUT2D eigenvalue weighted by Gasteiger charge is 2.21. The SMILES string of the molecule is [O-]c1on[n+](CC[n+]2noc([O-])c2Cl)c1Cl. The predicted molar refractivity (Wildman–Crippen MR) is 42.3 cm³/mol. The van der Waals surface area contributed by atoms with Crippen LogP contribution in [0.4, 0.5) is 0 Å². The Labute approximate surface area is 98.1 Å². The smallest absolute Gasteiger partial charge is 0.325 e. The molecule has 0 saturated heterocycles. The van der Waals surface area contributed by atoms with Crippen LogP contribution in [-0.4, -0.2) is 10.5 Å². The van der Waals surface area contributed by atoms with Gasteiger partial charge in [0, 0.05) is 0 Å². The average molecular weight is 267 g/mol. The van der Waals surface area contributed by atoms with Gasteiger partial charge in [-0.05, 0) is 23.2 Å². The van der Waals surface area contributed by atoms with Crippen molar-refractivity contribution in [3.05, 3.63) is 10.3 Å². The molecule has 0 N–H and O–H groups in total. The summed E-state index contributed by atoms with van der Waals surface area (Å²) in [6, 6.07) is 0. The van der Waals surface area contributed by atoms with E-state index in [0.29, 0.717) is 0 Å². The number of nitrogens with zero attached hydrogens (tertiary/aromatic N) is 4. The van der Waals surface area contributed by atoms with Crippen LogP contribution in [0.2, 0.25) is 10.3 Å². The highest BCUT2D eigenvalue weighted by Crippen LogP contribution is 2.13. The number of aryl methyl sites for hydroxylation is 2. The molecule has 0 aliphatic carbocycles. The molecule has 0 atom stereocenters. The zero-order valence-corrected chi connectivity index (χ0v) is 9.10. The molecule has 2 aromatic rings. The molecule has 2 heterocycles. The monoisotopic (exact) mass is 266 g/mol. The minimum Gasteiger partial charge on any atom is -0.538 e. The molecule has 10 heteroatoms. The van der Waals surface area contributed by atoms with Crippen molar-refractivity contribution in [1.82, 2.24) is 10.5 Å². The molecule has 0 aliphatic heterocycles. The van der Waals surface area contributed by atoms with E-state index in [4.69, 9.17) is 23.2 Å². The van der Waals surface area contributed by atoms with Gasteiger partial charge in [0.15, 0.2) is 11.9 Å². The van der Waals surface area contributed by atoms with Crippen LogP contribution in [0, 0.1) is 0 Å². The van der Waals surface area contributed by atoms with E-state index >= 15 is 0 Å². The molecule has 0 amide bonds. The first-order chi connectivity index (χ1) is 7.59. The van der Waals surface area contributed by atoms with E-state index in [1.165, 1.54) is 0 Å². The van der Waals surface area contributed by atoms with E-state index < -0.39 is 11.9 Å². The molecule has 0 aromatic carbocycles. The quantitative estimate of drug-likeness (QED) is 0.619. The third kappa shape index (κ3) is 1.89. The number of hydrogen-bond donors (Lipinski definition) is 0. The van der Waals surface area contributed by atoms with Crippen molar-refractivity contribution in [1.29, 1.82) is 0 Å². The van der Waals surface area contributed by atoms with Crippen LogP contribution in [0.25, 0.3) is 0 Å². The van der Waals surface area contributed by atoms with Gasteiger partial charge in [-0.2, -0.15) is 0 Å². The second-order valence-electron chi connectivity index (χ2n) is 2.75. The van der Waals surface area contributed by atoms with Gasteiger partial charge < -0.3 is 19.3 Å². The van der Waals surface area contributed by atoms with Crippen LogP contribution in [0.3, 0.4) is 0 Å². The van der Waals surface area contributed by atoms with Crippen LogP contribution >= 0.6 is 23.2 Å². The normalized spacial score (nSPS) is 10.9. The standard InChI is InChI=1S/C6H4Cl2N4O4/c7-3-5(13)15-9-11(3)1-2-12-4(8)6(14)16-10-12/h1-2H2. The Morgan fingerprint density at radius 2 is 1.31 bits per heavy atom. The summed E-state index contributed by atoms with van der Waals surface area (Å²) < 4.78 is 10.8. The van der Waals surface area contributed by atoms with Gasteiger partial charge in [0.2, 0.25) is 13.1 Å². The maximum atomic E-state index is 10.8. The molecule has 16 heavy (non-hydrogen) atoms. The first kappa shape index (κ1) is 11.0. The highest BCUT2D eigenvalue weighted by molar-refractivity contribution is 6.29. The van der Waals surface area contributed by atoms with Gasteiger partial charge in [0.1, 0.15) is 0 Å². The predicted octanol–water partition coefficient (Wildman–Crippen LogP) is -1.61. The van der Waals surface area contributed by atoms with Crippen molar-refractivity contribution in [2.75, 3.05) is 0 Å². The Morgan fingerprint density at radius 3 is 1.56 bits per heavy atom. The van der Waals surface area contributed by atoms with Crippen molar-refractivity contribution in [3.8, 4) is 11.9 Å². The summed E-state index contributed by atoms with van der Waals surface area (Å²) in [6.07, 6.45) is 0. The first-order valence-corrected chi connectivity index (χ1v) is 4.80. The molecule has 8 nitrogen and oxygen atoms in total. The Bertz CT molecular complexity index is 464. The fraction of sp³-hybridized carbons (Fsp3) is 0.333. The summed E-state index contributed by atoms with van der Waals surface area (Å²) in [5, 5.41) is 28.1. The largest absolute Gasteiger partial charge is 0.538 e. The zero-order chi connectivity index (χ0) is 11.7. The fourth-order valence-corrected chi connectivity index (χ4v) is 1.30. The minimum atomic E-state index is -0.734. The van der Waals surface area contributed by atoms with Gasteiger partial charge in [0.25, 0.3) is 0 Å². The van der Waals surface area contributed by atoms with E-state index in [9.17, 15) is 10.2 Å². The molecule has 2 rings (SSSR count). The topological polar surface area (TPSA) is 106 Å². The third-order valence-electron chi connectivity index (χ3n) is 1.76. The Kier molecular flexibility index (Phi) is 2.84. The first-order valence-electron chi connectivity index (χ1n) is 4.04. The summed E-state index contributed by atoms with van der Waals surface area (Å²) >= 11 is 11.1. The van der Waals surface area contributed by atoms with Crippen LogP contribution in [0.15, 0.2) is 9.05 Å². The summed E-state index contributed by atoms with van der Waals surface area (Å²) in [6.45, 7) is 0.335. The average Bonchev–Trinajstić information content (AvgIpc) is 2.74. The van der Waals surface area contributed by atoms with Crippen LogP contribution in [0.1, 0.15) is 0 Å². The lowest BCUT2D eigenvalue weighted by Crippen LogP contribution is -2.47. The summed E-state index contributed by atoms with van der Waals surface area (Å²) in [4.78, 5) is 0. The number of hydrogen-bond acceptors (Lipinski definition) is 6. The third-order valence-corrected chi connectivity index (χ3v) is 2.46. The van der Waals surface area contributed by atoms with Gasteiger partial charge in [-0.25, -0.2) is 0 Å². The van der Waals surface area contributed by atoms with Crippen LogP contribution < -0.4 is 19.6 Å². The molecule has 0 bridgehead atoms. The minimum absolute atomic E-state index is 0.164. The molecule has 86 valence electrons. The van der Waals surface area contributed by atoms with Gasteiger partial charge in [0.05, 0.1) is 10.5 Å². The molecular formula is C6H4Cl2N4O4. The van der Waals surface area contributed by atoms with Crippen LogP contribution in [0.5, 0.6) is 11.9 Å². The van der Waals surface area contributed by atoms with E-state index in [2.05, 4.69) is 19.6 Å². The molecule has 0 saturated carbocycles. The van der Waals surface area contributed by atoms with Crippen LogP contribution in [-0.2, 0) is 13.1 Å². The van der Waals surface area contributed by atoms with Crippen molar-refractivity contribution >= 4 is 23.2 Å². The summed E-state index contributed by atoms with van der Waals surface area (Å²) in [5.74, 6) is -1.47. The molecule has 0 spiro atoms. The van der Waals surface area contributed by atoms with E-state index in [1.807, 2.05) is 0 Å². The molecule has 0 radical (unpaired) electrons. The second kappa shape index (κ2) is 4.14. The van der Waals surface area contributed by atoms with Crippen molar-refractivity contribution in [2.24, 2.45) is 0 Å². The molecule has 0 aliphatic rings. The Balaban J connectivity index is 2.08. The maximum Gasteiger partial charge on any atom is 0.325 e. The molecule has 2 aromatic heterocycles. The van der Waals surface area contributed by atoms with Gasteiger partial charge in [-0.15, -0.1) is 0 Å².